The van der Waals surface area contributed by atoms with Gasteiger partial charge in [-0.15, -0.1) is 0 Å². The fourth-order valence-electron chi connectivity index (χ4n) is 4.92. The lowest BCUT2D eigenvalue weighted by Gasteiger charge is -2.24. The summed E-state index contributed by atoms with van der Waals surface area (Å²) >= 11 is 0. The van der Waals surface area contributed by atoms with Crippen molar-refractivity contribution in [3.8, 4) is 11.3 Å². The maximum Gasteiger partial charge on any atom is 0.418 e. The molecule has 0 saturated heterocycles. The van der Waals surface area contributed by atoms with Crippen molar-refractivity contribution < 1.29 is 26.7 Å². The first-order valence-electron chi connectivity index (χ1n) is 13.7. The molecular formula is C29H35F3N4O3S. The lowest BCUT2D eigenvalue weighted by atomic mass is 9.96. The molecule has 0 fully saturated rings. The lowest BCUT2D eigenvalue weighted by Crippen LogP contribution is -2.27. The van der Waals surface area contributed by atoms with Crippen LogP contribution in [0.1, 0.15) is 62.5 Å². The van der Waals surface area contributed by atoms with E-state index in [1.807, 2.05) is 0 Å². The molecule has 2 N–H and O–H groups in total. The fourth-order valence-corrected chi connectivity index (χ4v) is 5.88. The summed E-state index contributed by atoms with van der Waals surface area (Å²) in [7, 11) is -4.24. The number of nitrogens with zero attached hydrogens (tertiary/aromatic N) is 3. The summed E-state index contributed by atoms with van der Waals surface area (Å²) < 4.78 is 71.0. The third-order valence-corrected chi connectivity index (χ3v) is 8.24. The maximum absolute atomic E-state index is 14.0. The number of sulfonamides is 1. The number of benzene rings is 1. The molecule has 1 aliphatic rings. The summed E-state index contributed by atoms with van der Waals surface area (Å²) in [5.74, 6) is 0.301. The Bertz CT molecular complexity index is 1380. The number of hydrogen-bond donors (Lipinski definition) is 2. The van der Waals surface area contributed by atoms with Gasteiger partial charge in [0.15, 0.2) is 5.03 Å². The average molecular weight is 577 g/mol. The van der Waals surface area contributed by atoms with Crippen LogP contribution < -0.4 is 9.62 Å². The van der Waals surface area contributed by atoms with Gasteiger partial charge in [-0.25, -0.2) is 9.97 Å². The van der Waals surface area contributed by atoms with Crippen molar-refractivity contribution in [1.82, 2.24) is 9.97 Å². The molecule has 0 atom stereocenters. The fraction of sp³-hybridized carbons (Fsp3) is 0.448. The van der Waals surface area contributed by atoms with Gasteiger partial charge in [-0.05, 0) is 68.4 Å². The third-order valence-electron chi connectivity index (χ3n) is 6.98. The van der Waals surface area contributed by atoms with Crippen LogP contribution in [0, 0.1) is 0 Å². The molecule has 0 saturated carbocycles. The van der Waals surface area contributed by atoms with Crippen molar-refractivity contribution in [2.45, 2.75) is 69.0 Å². The molecule has 2 aromatic heterocycles. The van der Waals surface area contributed by atoms with E-state index < -0.39 is 21.8 Å². The number of aromatic nitrogens is 2. The Labute approximate surface area is 233 Å². The summed E-state index contributed by atoms with van der Waals surface area (Å²) in [6, 6.07) is 13.5. The van der Waals surface area contributed by atoms with Gasteiger partial charge in [0.2, 0.25) is 0 Å². The Hall–Kier alpha value is -3.18. The van der Waals surface area contributed by atoms with E-state index >= 15 is 0 Å². The zero-order valence-electron chi connectivity index (χ0n) is 22.3. The highest BCUT2D eigenvalue weighted by atomic mass is 32.2. The molecule has 11 heteroatoms. The zero-order chi connectivity index (χ0) is 28.6. The van der Waals surface area contributed by atoms with Crippen LogP contribution in [0.15, 0.2) is 59.6 Å². The molecular weight excluding hydrogens is 541 g/mol. The molecule has 1 aliphatic heterocycles. The van der Waals surface area contributed by atoms with Crippen LogP contribution in [-0.2, 0) is 22.6 Å². The largest absolute Gasteiger partial charge is 0.418 e. The number of halogens is 3. The number of unbranched alkanes of at least 4 members (excludes halogenated alkanes) is 2. The van der Waals surface area contributed by atoms with Gasteiger partial charge in [0.25, 0.3) is 10.0 Å². The molecule has 3 aromatic rings. The van der Waals surface area contributed by atoms with Crippen molar-refractivity contribution in [1.29, 1.82) is 0 Å². The first kappa shape index (κ1) is 29.8. The van der Waals surface area contributed by atoms with E-state index in [4.69, 9.17) is 5.11 Å². The lowest BCUT2D eigenvalue weighted by molar-refractivity contribution is -0.137. The standard InChI is InChI=1S/C29H35F3N4O3S/c30-29(31,32)24-17-18-25-33-28(24)23-14-7-6-13-22(23)12-5-2-1-3-8-19-36(20-9-4-10-21-37)26-15-11-16-27(34-26)40(38,39)35-25/h6-7,11,13-18,37H,1-5,8-10,12,19-21H2,(H,33,35). The highest BCUT2D eigenvalue weighted by Gasteiger charge is 2.35. The van der Waals surface area contributed by atoms with E-state index in [9.17, 15) is 21.6 Å². The molecule has 0 aliphatic carbocycles. The Morgan fingerprint density at radius 2 is 1.65 bits per heavy atom. The number of anilines is 2. The van der Waals surface area contributed by atoms with Crippen molar-refractivity contribution in [3.63, 3.8) is 0 Å². The van der Waals surface area contributed by atoms with E-state index in [1.54, 1.807) is 36.4 Å². The highest BCUT2D eigenvalue weighted by molar-refractivity contribution is 7.92. The number of nitrogens with one attached hydrogen (secondary N) is 1. The van der Waals surface area contributed by atoms with Gasteiger partial charge in [0.1, 0.15) is 11.6 Å². The molecule has 0 amide bonds. The number of aryl methyl sites for hydroxylation is 1. The first-order valence-corrected chi connectivity index (χ1v) is 15.2. The van der Waals surface area contributed by atoms with Crippen LogP contribution in [0.25, 0.3) is 11.3 Å². The molecule has 1 aromatic carbocycles. The van der Waals surface area contributed by atoms with Crippen molar-refractivity contribution in [2.24, 2.45) is 0 Å². The number of aliphatic hydroxyl groups excluding tert-OH is 1. The van der Waals surface area contributed by atoms with Gasteiger partial charge in [0, 0.05) is 25.3 Å². The van der Waals surface area contributed by atoms with Crippen LogP contribution in [0.4, 0.5) is 24.8 Å². The molecule has 4 rings (SSSR count). The smallest absolute Gasteiger partial charge is 0.396 e. The van der Waals surface area contributed by atoms with E-state index in [0.29, 0.717) is 30.8 Å². The summed E-state index contributed by atoms with van der Waals surface area (Å²) in [5, 5.41) is 8.87. The van der Waals surface area contributed by atoms with Crippen LogP contribution in [0.5, 0.6) is 0 Å². The molecule has 0 unspecified atom stereocenters. The van der Waals surface area contributed by atoms with Gasteiger partial charge in [-0.1, -0.05) is 49.6 Å². The summed E-state index contributed by atoms with van der Waals surface area (Å²) in [5.41, 5.74) is -0.145. The van der Waals surface area contributed by atoms with Gasteiger partial charge in [-0.2, -0.15) is 21.6 Å². The molecule has 216 valence electrons. The summed E-state index contributed by atoms with van der Waals surface area (Å²) in [6.07, 6.45) is 2.91. The second-order valence-electron chi connectivity index (χ2n) is 9.98. The van der Waals surface area contributed by atoms with Crippen molar-refractivity contribution in [3.05, 3.63) is 65.7 Å². The van der Waals surface area contributed by atoms with Crippen LogP contribution in [0.3, 0.4) is 0 Å². The second-order valence-corrected chi connectivity index (χ2v) is 11.6. The van der Waals surface area contributed by atoms with Crippen LogP contribution >= 0.6 is 0 Å². The second kappa shape index (κ2) is 13.5. The number of alkyl halides is 3. The number of rotatable bonds is 5. The van der Waals surface area contributed by atoms with Crippen LogP contribution in [-0.4, -0.2) is 43.2 Å². The Morgan fingerprint density at radius 1 is 0.875 bits per heavy atom. The topological polar surface area (TPSA) is 95.4 Å². The Morgan fingerprint density at radius 3 is 2.45 bits per heavy atom. The van der Waals surface area contributed by atoms with Gasteiger partial charge in [-0.3, -0.25) is 4.72 Å². The molecule has 7 nitrogen and oxygen atoms in total. The average Bonchev–Trinajstić information content (AvgIpc) is 2.92. The molecule has 40 heavy (non-hydrogen) atoms. The van der Waals surface area contributed by atoms with Gasteiger partial charge in [0.05, 0.1) is 11.3 Å². The van der Waals surface area contributed by atoms with Gasteiger partial charge < -0.3 is 10.0 Å². The van der Waals surface area contributed by atoms with E-state index in [1.165, 1.54) is 6.07 Å². The van der Waals surface area contributed by atoms with Crippen molar-refractivity contribution >= 4 is 21.7 Å². The number of hydrogen-bond acceptors (Lipinski definition) is 6. The molecule has 4 bridgehead atoms. The predicted octanol–water partition coefficient (Wildman–Crippen LogP) is 6.44. The minimum Gasteiger partial charge on any atom is -0.396 e. The van der Waals surface area contributed by atoms with Crippen molar-refractivity contribution in [2.75, 3.05) is 29.3 Å². The molecule has 0 radical (unpaired) electrons. The third kappa shape index (κ3) is 7.72. The maximum atomic E-state index is 14.0. The SMILES string of the molecule is O=S1(=O)Nc2ccc(C(F)(F)F)c(n2)-c2ccccc2CCCCCCCN(CCCCCO)c2cccc1n2. The summed E-state index contributed by atoms with van der Waals surface area (Å²) in [6.45, 7) is 1.52. The normalized spacial score (nSPS) is 16.4. The minimum atomic E-state index is -4.67. The molecule has 3 heterocycles. The first-order chi connectivity index (χ1) is 19.2. The minimum absolute atomic E-state index is 0.127. The quantitative estimate of drug-likeness (QED) is 0.340. The van der Waals surface area contributed by atoms with E-state index in [2.05, 4.69) is 19.6 Å². The highest BCUT2D eigenvalue weighted by Crippen LogP contribution is 2.38. The van der Waals surface area contributed by atoms with E-state index in [-0.39, 0.29) is 23.1 Å². The van der Waals surface area contributed by atoms with Crippen LogP contribution in [0.2, 0.25) is 0 Å². The zero-order valence-corrected chi connectivity index (χ0v) is 23.1. The number of aliphatic hydroxyl groups is 1. The number of fused-ring (bicyclic) bond motifs is 6. The van der Waals surface area contributed by atoms with E-state index in [0.717, 1.165) is 69.2 Å². The predicted molar refractivity (Wildman–Crippen MR) is 150 cm³/mol. The summed E-state index contributed by atoms with van der Waals surface area (Å²) in [4.78, 5) is 10.7. The number of pyridine rings is 2. The molecule has 0 spiro atoms. The van der Waals surface area contributed by atoms with Gasteiger partial charge >= 0.3 is 6.18 Å². The monoisotopic (exact) mass is 576 g/mol. The Balaban J connectivity index is 1.74. The Kier molecular flexibility index (Phi) is 10.0.